The first kappa shape index (κ1) is 9.26. The van der Waals surface area contributed by atoms with E-state index in [1.807, 2.05) is 6.92 Å². The van der Waals surface area contributed by atoms with Crippen molar-refractivity contribution >= 4 is 13.4 Å². The van der Waals surface area contributed by atoms with Crippen LogP contribution in [0.4, 0.5) is 5.69 Å². The Balaban J connectivity index is 2.78. The predicted molar refractivity (Wildman–Crippen MR) is 46.8 cm³/mol. The summed E-state index contributed by atoms with van der Waals surface area (Å²) in [4.78, 5) is 17.1. The van der Waals surface area contributed by atoms with Crippen molar-refractivity contribution in [3.05, 3.63) is 29.8 Å². The Morgan fingerprint density at radius 1 is 1.25 bits per heavy atom. The SMILES string of the molecule is Cc1ccc(NP(=O)(O)O)cc1. The summed E-state index contributed by atoms with van der Waals surface area (Å²) in [5, 5.41) is 2.08. The fraction of sp³-hybridized carbons (Fsp3) is 0.143. The molecule has 0 aromatic heterocycles. The maximum Gasteiger partial charge on any atom is 0.427 e. The van der Waals surface area contributed by atoms with E-state index in [1.165, 1.54) is 0 Å². The molecule has 1 aromatic rings. The summed E-state index contributed by atoms with van der Waals surface area (Å²) in [6, 6.07) is 6.79. The van der Waals surface area contributed by atoms with Gasteiger partial charge in [0.25, 0.3) is 0 Å². The van der Waals surface area contributed by atoms with E-state index in [0.717, 1.165) is 5.56 Å². The molecule has 1 aromatic carbocycles. The Labute approximate surface area is 70.5 Å². The van der Waals surface area contributed by atoms with Crippen LogP contribution in [-0.4, -0.2) is 9.79 Å². The fourth-order valence-electron chi connectivity index (χ4n) is 0.796. The van der Waals surface area contributed by atoms with Crippen LogP contribution in [0.2, 0.25) is 0 Å². The van der Waals surface area contributed by atoms with E-state index in [-0.39, 0.29) is 0 Å². The maximum atomic E-state index is 10.5. The third-order valence-corrected chi connectivity index (χ3v) is 1.88. The third-order valence-electron chi connectivity index (χ3n) is 1.33. The summed E-state index contributed by atoms with van der Waals surface area (Å²) in [6.07, 6.45) is 0. The minimum atomic E-state index is -4.15. The normalized spacial score (nSPS) is 11.2. The minimum absolute atomic E-state index is 0.425. The van der Waals surface area contributed by atoms with Gasteiger partial charge in [0.15, 0.2) is 0 Å². The van der Waals surface area contributed by atoms with Crippen LogP contribution in [0, 0.1) is 6.92 Å². The Hall–Kier alpha value is -0.830. The molecule has 0 atom stereocenters. The Morgan fingerprint density at radius 3 is 2.17 bits per heavy atom. The predicted octanol–water partition coefficient (Wildman–Crippen LogP) is 1.50. The zero-order valence-electron chi connectivity index (χ0n) is 6.56. The molecule has 0 aliphatic heterocycles. The molecule has 0 heterocycles. The van der Waals surface area contributed by atoms with Gasteiger partial charge in [-0.05, 0) is 19.1 Å². The third kappa shape index (κ3) is 3.05. The molecule has 0 amide bonds. The van der Waals surface area contributed by atoms with Gasteiger partial charge in [-0.3, -0.25) is 5.09 Å². The van der Waals surface area contributed by atoms with Gasteiger partial charge >= 0.3 is 7.75 Å². The lowest BCUT2D eigenvalue weighted by atomic mass is 10.2. The van der Waals surface area contributed by atoms with Crippen LogP contribution in [0.5, 0.6) is 0 Å². The minimum Gasteiger partial charge on any atom is -0.308 e. The van der Waals surface area contributed by atoms with E-state index in [0.29, 0.717) is 5.69 Å². The summed E-state index contributed by atoms with van der Waals surface area (Å²) in [6.45, 7) is 1.90. The van der Waals surface area contributed by atoms with Crippen molar-refractivity contribution < 1.29 is 14.4 Å². The van der Waals surface area contributed by atoms with Crippen LogP contribution < -0.4 is 5.09 Å². The van der Waals surface area contributed by atoms with E-state index in [2.05, 4.69) is 5.09 Å². The number of hydrogen-bond acceptors (Lipinski definition) is 1. The molecule has 0 saturated carbocycles. The van der Waals surface area contributed by atoms with Crippen molar-refractivity contribution in [2.75, 3.05) is 5.09 Å². The highest BCUT2D eigenvalue weighted by molar-refractivity contribution is 7.53. The van der Waals surface area contributed by atoms with E-state index in [1.54, 1.807) is 24.3 Å². The number of hydrogen-bond donors (Lipinski definition) is 3. The smallest absolute Gasteiger partial charge is 0.308 e. The zero-order chi connectivity index (χ0) is 9.19. The van der Waals surface area contributed by atoms with Crippen LogP contribution in [0.1, 0.15) is 5.56 Å². The quantitative estimate of drug-likeness (QED) is 0.613. The molecule has 0 saturated heterocycles. The molecule has 0 unspecified atom stereocenters. The lowest BCUT2D eigenvalue weighted by Crippen LogP contribution is -1.93. The van der Waals surface area contributed by atoms with Crippen LogP contribution in [-0.2, 0) is 4.57 Å². The van der Waals surface area contributed by atoms with Crippen molar-refractivity contribution in [1.82, 2.24) is 0 Å². The summed E-state index contributed by atoms with van der Waals surface area (Å²) in [5.74, 6) is 0. The van der Waals surface area contributed by atoms with Crippen molar-refractivity contribution in [2.45, 2.75) is 6.92 Å². The van der Waals surface area contributed by atoms with Gasteiger partial charge in [0.1, 0.15) is 0 Å². The Kier molecular flexibility index (Phi) is 2.52. The van der Waals surface area contributed by atoms with E-state index >= 15 is 0 Å². The van der Waals surface area contributed by atoms with Crippen LogP contribution in [0.15, 0.2) is 24.3 Å². The van der Waals surface area contributed by atoms with E-state index in [9.17, 15) is 4.57 Å². The molecule has 0 radical (unpaired) electrons. The number of anilines is 1. The topological polar surface area (TPSA) is 69.6 Å². The van der Waals surface area contributed by atoms with Gasteiger partial charge in [-0.15, -0.1) is 0 Å². The lowest BCUT2D eigenvalue weighted by Gasteiger charge is -2.06. The van der Waals surface area contributed by atoms with Crippen LogP contribution in [0.25, 0.3) is 0 Å². The van der Waals surface area contributed by atoms with Crippen molar-refractivity contribution in [1.29, 1.82) is 0 Å². The molecule has 0 fully saturated rings. The van der Waals surface area contributed by atoms with E-state index in [4.69, 9.17) is 9.79 Å². The number of rotatable bonds is 2. The first-order chi connectivity index (χ1) is 5.47. The standard InChI is InChI=1S/C7H10NO3P/c1-6-2-4-7(5-3-6)8-12(9,10)11/h2-5H,1H3,(H3,8,9,10,11). The molecule has 0 aliphatic carbocycles. The summed E-state index contributed by atoms with van der Waals surface area (Å²) < 4.78 is 10.5. The highest BCUT2D eigenvalue weighted by Crippen LogP contribution is 2.34. The van der Waals surface area contributed by atoms with E-state index < -0.39 is 7.75 Å². The molecule has 5 heteroatoms. The summed E-state index contributed by atoms with van der Waals surface area (Å²) in [5.41, 5.74) is 1.47. The molecule has 0 bridgehead atoms. The Morgan fingerprint density at radius 2 is 1.75 bits per heavy atom. The molecule has 3 N–H and O–H groups in total. The summed E-state index contributed by atoms with van der Waals surface area (Å²) in [7, 11) is -4.15. The number of aryl methyl sites for hydroxylation is 1. The summed E-state index contributed by atoms with van der Waals surface area (Å²) >= 11 is 0. The first-order valence-electron chi connectivity index (χ1n) is 3.38. The molecule has 1 rings (SSSR count). The molecule has 66 valence electrons. The zero-order valence-corrected chi connectivity index (χ0v) is 7.45. The second-order valence-electron chi connectivity index (χ2n) is 2.52. The van der Waals surface area contributed by atoms with Gasteiger partial charge in [0, 0.05) is 5.69 Å². The van der Waals surface area contributed by atoms with Gasteiger partial charge in [0.2, 0.25) is 0 Å². The van der Waals surface area contributed by atoms with Crippen molar-refractivity contribution in [3.63, 3.8) is 0 Å². The molecular formula is C7H10NO3P. The fourth-order valence-corrected chi connectivity index (χ4v) is 1.28. The highest BCUT2D eigenvalue weighted by atomic mass is 31.2. The van der Waals surface area contributed by atoms with Gasteiger partial charge in [-0.25, -0.2) is 4.57 Å². The lowest BCUT2D eigenvalue weighted by molar-refractivity contribution is 0.380. The van der Waals surface area contributed by atoms with Gasteiger partial charge in [-0.1, -0.05) is 17.7 Å². The number of nitrogens with one attached hydrogen (secondary N) is 1. The van der Waals surface area contributed by atoms with Gasteiger partial charge in [-0.2, -0.15) is 0 Å². The highest BCUT2D eigenvalue weighted by Gasteiger charge is 2.10. The largest absolute Gasteiger partial charge is 0.427 e. The van der Waals surface area contributed by atoms with Crippen LogP contribution in [0.3, 0.4) is 0 Å². The monoisotopic (exact) mass is 187 g/mol. The molecule has 12 heavy (non-hydrogen) atoms. The molecule has 4 nitrogen and oxygen atoms in total. The van der Waals surface area contributed by atoms with Crippen molar-refractivity contribution in [3.8, 4) is 0 Å². The maximum absolute atomic E-state index is 10.5. The average Bonchev–Trinajstić information content (AvgIpc) is 1.91. The number of benzene rings is 1. The van der Waals surface area contributed by atoms with Crippen LogP contribution >= 0.6 is 7.75 Å². The second-order valence-corrected chi connectivity index (χ2v) is 3.83. The molecular weight excluding hydrogens is 177 g/mol. The molecule has 0 aliphatic rings. The second kappa shape index (κ2) is 3.27. The van der Waals surface area contributed by atoms with Gasteiger partial charge < -0.3 is 9.79 Å². The molecule has 0 spiro atoms. The van der Waals surface area contributed by atoms with Crippen molar-refractivity contribution in [2.24, 2.45) is 0 Å². The first-order valence-corrected chi connectivity index (χ1v) is 4.99. The Bertz CT molecular complexity index is 303. The average molecular weight is 187 g/mol. The van der Waals surface area contributed by atoms with Gasteiger partial charge in [0.05, 0.1) is 0 Å².